The Morgan fingerprint density at radius 2 is 1.81 bits per heavy atom. The molecule has 1 N–H and O–H groups in total. The molecule has 2 atom stereocenters. The van der Waals surface area contributed by atoms with Crippen LogP contribution in [-0.2, 0) is 17.1 Å². The molecule has 0 radical (unpaired) electrons. The Hall–Kier alpha value is -2.13. The summed E-state index contributed by atoms with van der Waals surface area (Å²) >= 11 is 12.2. The molecule has 1 saturated heterocycles. The zero-order valence-corrected chi connectivity index (χ0v) is 19.0. The van der Waals surface area contributed by atoms with Crippen molar-refractivity contribution in [1.82, 2.24) is 13.9 Å². The molecule has 0 amide bonds. The average Bonchev–Trinajstić information content (AvgIpc) is 3.33. The number of aromatic nitrogens is 2. The van der Waals surface area contributed by atoms with E-state index >= 15 is 0 Å². The van der Waals surface area contributed by atoms with Gasteiger partial charge in [0.05, 0.1) is 6.33 Å². The molecular formula is C21H21Cl2FN4O2S. The topological polar surface area (TPSA) is 67.2 Å². The summed E-state index contributed by atoms with van der Waals surface area (Å²) in [5.74, 6) is -0.495. The van der Waals surface area contributed by atoms with Gasteiger partial charge in [-0.15, -0.1) is 0 Å². The number of sulfonamides is 1. The number of nitrogens with zero attached hydrogens (tertiary/aromatic N) is 3. The van der Waals surface area contributed by atoms with Gasteiger partial charge >= 0.3 is 0 Å². The molecule has 0 bridgehead atoms. The first-order valence-corrected chi connectivity index (χ1v) is 11.9. The van der Waals surface area contributed by atoms with E-state index in [0.29, 0.717) is 23.1 Å². The van der Waals surface area contributed by atoms with Crippen LogP contribution >= 0.6 is 23.2 Å². The van der Waals surface area contributed by atoms with E-state index in [4.69, 9.17) is 23.2 Å². The van der Waals surface area contributed by atoms with Gasteiger partial charge in [0.25, 0.3) is 10.0 Å². The lowest BCUT2D eigenvalue weighted by molar-refractivity contribution is 0.459. The van der Waals surface area contributed by atoms with E-state index in [1.807, 2.05) is 0 Å². The number of imidazole rings is 1. The van der Waals surface area contributed by atoms with Crippen molar-refractivity contribution in [2.45, 2.75) is 10.9 Å². The molecule has 1 fully saturated rings. The van der Waals surface area contributed by atoms with Crippen LogP contribution in [0.1, 0.15) is 11.5 Å². The van der Waals surface area contributed by atoms with Crippen LogP contribution in [0.25, 0.3) is 0 Å². The summed E-state index contributed by atoms with van der Waals surface area (Å²) in [5.41, 5.74) is 1.64. The number of anilines is 1. The van der Waals surface area contributed by atoms with Crippen LogP contribution in [0.4, 0.5) is 10.1 Å². The Balaban J connectivity index is 1.59. The minimum absolute atomic E-state index is 0.0167. The van der Waals surface area contributed by atoms with Crippen LogP contribution in [0.15, 0.2) is 60.0 Å². The lowest BCUT2D eigenvalue weighted by Crippen LogP contribution is -2.30. The SMILES string of the molecule is Cn1cnc(S(=O)(=O)N2C[C@H](CNc3cc(Cl)cc(Cl)c3)[C@@H](c3ccc(F)cc3)C2)c1. The Kier molecular flexibility index (Phi) is 6.25. The molecule has 0 unspecified atom stereocenters. The van der Waals surface area contributed by atoms with Crippen LogP contribution in [0, 0.1) is 11.7 Å². The molecule has 0 spiro atoms. The zero-order valence-electron chi connectivity index (χ0n) is 16.7. The molecule has 1 aromatic heterocycles. The van der Waals surface area contributed by atoms with Gasteiger partial charge in [0.2, 0.25) is 0 Å². The van der Waals surface area contributed by atoms with Crippen molar-refractivity contribution >= 4 is 38.9 Å². The maximum atomic E-state index is 13.5. The molecule has 1 aliphatic rings. The summed E-state index contributed by atoms with van der Waals surface area (Å²) in [4.78, 5) is 4.02. The van der Waals surface area contributed by atoms with Crippen LogP contribution in [0.5, 0.6) is 0 Å². The van der Waals surface area contributed by atoms with Crippen molar-refractivity contribution < 1.29 is 12.8 Å². The van der Waals surface area contributed by atoms with E-state index in [1.54, 1.807) is 41.9 Å². The standard InChI is InChI=1S/C21H21Cl2FN4O2S/c1-27-12-21(26-13-27)31(29,30)28-10-15(9-25-19-7-16(22)6-17(23)8-19)20(11-28)14-2-4-18(24)5-3-14/h2-8,12-13,15,20,25H,9-11H2,1H3/t15-,20+/m0/s1. The fourth-order valence-electron chi connectivity index (χ4n) is 3.88. The van der Waals surface area contributed by atoms with Crippen molar-refractivity contribution in [3.8, 4) is 0 Å². The maximum Gasteiger partial charge on any atom is 0.262 e. The van der Waals surface area contributed by atoms with Gasteiger partial charge in [-0.3, -0.25) is 0 Å². The molecule has 6 nitrogen and oxygen atoms in total. The second-order valence-electron chi connectivity index (χ2n) is 7.66. The normalized spacial score (nSPS) is 19.6. The second kappa shape index (κ2) is 8.78. The van der Waals surface area contributed by atoms with E-state index in [-0.39, 0.29) is 29.2 Å². The van der Waals surface area contributed by atoms with Gasteiger partial charge in [-0.05, 0) is 41.8 Å². The van der Waals surface area contributed by atoms with Crippen LogP contribution in [-0.4, -0.2) is 41.9 Å². The first-order valence-electron chi connectivity index (χ1n) is 9.66. The minimum Gasteiger partial charge on any atom is -0.385 e. The fourth-order valence-corrected chi connectivity index (χ4v) is 5.90. The van der Waals surface area contributed by atoms with Gasteiger partial charge < -0.3 is 9.88 Å². The van der Waals surface area contributed by atoms with Gasteiger partial charge in [0.1, 0.15) is 5.82 Å². The Morgan fingerprint density at radius 3 is 2.42 bits per heavy atom. The van der Waals surface area contributed by atoms with Crippen molar-refractivity contribution in [2.75, 3.05) is 25.0 Å². The van der Waals surface area contributed by atoms with E-state index in [9.17, 15) is 12.8 Å². The molecule has 0 saturated carbocycles. The molecule has 164 valence electrons. The average molecular weight is 483 g/mol. The quantitative estimate of drug-likeness (QED) is 0.565. The monoisotopic (exact) mass is 482 g/mol. The predicted molar refractivity (Wildman–Crippen MR) is 120 cm³/mol. The highest BCUT2D eigenvalue weighted by atomic mass is 35.5. The van der Waals surface area contributed by atoms with E-state index < -0.39 is 10.0 Å². The van der Waals surface area contributed by atoms with Crippen LogP contribution in [0.2, 0.25) is 10.0 Å². The van der Waals surface area contributed by atoms with E-state index in [0.717, 1.165) is 11.3 Å². The lowest BCUT2D eigenvalue weighted by atomic mass is 9.89. The zero-order chi connectivity index (χ0) is 22.2. The van der Waals surface area contributed by atoms with Crippen LogP contribution in [0.3, 0.4) is 0 Å². The highest BCUT2D eigenvalue weighted by Gasteiger charge is 2.40. The smallest absolute Gasteiger partial charge is 0.262 e. The van der Waals surface area contributed by atoms with Gasteiger partial charge in [0, 0.05) is 54.5 Å². The Labute approximate surface area is 190 Å². The third kappa shape index (κ3) is 4.87. The number of halogens is 3. The summed E-state index contributed by atoms with van der Waals surface area (Å²) in [6.45, 7) is 1.09. The largest absolute Gasteiger partial charge is 0.385 e. The molecule has 4 rings (SSSR count). The summed E-state index contributed by atoms with van der Waals surface area (Å²) in [5, 5.41) is 4.35. The van der Waals surface area contributed by atoms with Crippen LogP contribution < -0.4 is 5.32 Å². The number of hydrogen-bond acceptors (Lipinski definition) is 4. The second-order valence-corrected chi connectivity index (χ2v) is 10.4. The summed E-state index contributed by atoms with van der Waals surface area (Å²) in [6.07, 6.45) is 2.95. The highest BCUT2D eigenvalue weighted by molar-refractivity contribution is 7.89. The van der Waals surface area contributed by atoms with E-state index in [1.165, 1.54) is 29.0 Å². The highest BCUT2D eigenvalue weighted by Crippen LogP contribution is 2.36. The van der Waals surface area contributed by atoms with Crippen molar-refractivity contribution in [1.29, 1.82) is 0 Å². The molecule has 2 heterocycles. The number of benzene rings is 2. The molecule has 10 heteroatoms. The molecular weight excluding hydrogens is 462 g/mol. The summed E-state index contributed by atoms with van der Waals surface area (Å²) in [7, 11) is -2.02. The fraction of sp³-hybridized carbons (Fsp3) is 0.286. The number of rotatable bonds is 6. The first kappa shape index (κ1) is 22.1. The van der Waals surface area contributed by atoms with Gasteiger partial charge in [-0.25, -0.2) is 17.8 Å². The molecule has 1 aliphatic heterocycles. The van der Waals surface area contributed by atoms with E-state index in [2.05, 4.69) is 10.3 Å². The Bertz CT molecular complexity index is 1160. The minimum atomic E-state index is -3.74. The van der Waals surface area contributed by atoms with Crippen molar-refractivity contribution in [3.63, 3.8) is 0 Å². The summed E-state index contributed by atoms with van der Waals surface area (Å²) in [6, 6.07) is 11.4. The lowest BCUT2D eigenvalue weighted by Gasteiger charge is -2.20. The molecule has 2 aromatic carbocycles. The third-order valence-corrected chi connectivity index (χ3v) is 7.58. The number of hydrogen-bond donors (Lipinski definition) is 1. The van der Waals surface area contributed by atoms with Crippen molar-refractivity contribution in [3.05, 3.63) is 76.4 Å². The Morgan fingerprint density at radius 1 is 1.13 bits per heavy atom. The number of aryl methyl sites for hydroxylation is 1. The molecule has 0 aliphatic carbocycles. The van der Waals surface area contributed by atoms with Gasteiger partial charge in [-0.1, -0.05) is 35.3 Å². The summed E-state index contributed by atoms with van der Waals surface area (Å²) < 4.78 is 42.7. The van der Waals surface area contributed by atoms with Gasteiger partial charge in [-0.2, -0.15) is 4.31 Å². The van der Waals surface area contributed by atoms with Crippen molar-refractivity contribution in [2.24, 2.45) is 13.0 Å². The molecule has 31 heavy (non-hydrogen) atoms. The maximum absolute atomic E-state index is 13.5. The third-order valence-electron chi connectivity index (χ3n) is 5.42. The van der Waals surface area contributed by atoms with Gasteiger partial charge in [0.15, 0.2) is 5.03 Å². The molecule has 3 aromatic rings. The predicted octanol–water partition coefficient (Wildman–Crippen LogP) is 4.38. The number of nitrogens with one attached hydrogen (secondary N) is 1. The first-order chi connectivity index (χ1) is 14.7.